The predicted molar refractivity (Wildman–Crippen MR) is 81.9 cm³/mol. The Morgan fingerprint density at radius 3 is 2.45 bits per heavy atom. The SMILES string of the molecule is COc1ccc(CC(=O)NCc2cccc(C(=O)O)c2)cc1. The Balaban J connectivity index is 1.89. The van der Waals surface area contributed by atoms with E-state index in [2.05, 4.69) is 5.32 Å². The van der Waals surface area contributed by atoms with E-state index in [0.29, 0.717) is 6.54 Å². The van der Waals surface area contributed by atoms with Gasteiger partial charge in [0, 0.05) is 6.54 Å². The summed E-state index contributed by atoms with van der Waals surface area (Å²) in [5.41, 5.74) is 1.85. The second kappa shape index (κ2) is 7.26. The maximum Gasteiger partial charge on any atom is 0.335 e. The number of carboxylic acids is 1. The molecule has 2 aromatic carbocycles. The summed E-state index contributed by atoms with van der Waals surface area (Å²) in [6.07, 6.45) is 0.266. The van der Waals surface area contributed by atoms with E-state index in [-0.39, 0.29) is 17.9 Å². The molecule has 114 valence electrons. The Hall–Kier alpha value is -2.82. The first-order valence-electron chi connectivity index (χ1n) is 6.80. The highest BCUT2D eigenvalue weighted by atomic mass is 16.5. The molecule has 0 radical (unpaired) electrons. The van der Waals surface area contributed by atoms with Gasteiger partial charge in [-0.3, -0.25) is 4.79 Å². The standard InChI is InChI=1S/C17H17NO4/c1-22-15-7-5-12(6-8-15)10-16(19)18-11-13-3-2-4-14(9-13)17(20)21/h2-9H,10-11H2,1H3,(H,18,19)(H,20,21). The van der Waals surface area contributed by atoms with Crippen molar-refractivity contribution >= 4 is 11.9 Å². The monoisotopic (exact) mass is 299 g/mol. The first kappa shape index (κ1) is 15.6. The van der Waals surface area contributed by atoms with Crippen LogP contribution < -0.4 is 10.1 Å². The van der Waals surface area contributed by atoms with Crippen molar-refractivity contribution in [2.45, 2.75) is 13.0 Å². The van der Waals surface area contributed by atoms with Crippen LogP contribution in [0.2, 0.25) is 0 Å². The molecule has 2 N–H and O–H groups in total. The fourth-order valence-corrected chi connectivity index (χ4v) is 2.01. The Bertz CT molecular complexity index is 665. The molecule has 0 saturated heterocycles. The number of hydrogen-bond acceptors (Lipinski definition) is 3. The Kier molecular flexibility index (Phi) is 5.14. The summed E-state index contributed by atoms with van der Waals surface area (Å²) < 4.78 is 5.06. The number of hydrogen-bond donors (Lipinski definition) is 2. The summed E-state index contributed by atoms with van der Waals surface area (Å²) in [6.45, 7) is 0.302. The zero-order valence-electron chi connectivity index (χ0n) is 12.2. The van der Waals surface area contributed by atoms with Gasteiger partial charge in [0.2, 0.25) is 5.91 Å². The van der Waals surface area contributed by atoms with Crippen molar-refractivity contribution < 1.29 is 19.4 Å². The van der Waals surface area contributed by atoms with Crippen molar-refractivity contribution in [3.63, 3.8) is 0 Å². The number of ether oxygens (including phenoxy) is 1. The zero-order valence-corrected chi connectivity index (χ0v) is 12.2. The molecular weight excluding hydrogens is 282 g/mol. The molecule has 2 aromatic rings. The fraction of sp³-hybridized carbons (Fsp3) is 0.176. The largest absolute Gasteiger partial charge is 0.497 e. The minimum absolute atomic E-state index is 0.120. The van der Waals surface area contributed by atoms with E-state index in [4.69, 9.17) is 9.84 Å². The van der Waals surface area contributed by atoms with E-state index in [1.54, 1.807) is 37.4 Å². The van der Waals surface area contributed by atoms with Gasteiger partial charge in [-0.15, -0.1) is 0 Å². The minimum atomic E-state index is -0.980. The van der Waals surface area contributed by atoms with Crippen molar-refractivity contribution in [1.82, 2.24) is 5.32 Å². The predicted octanol–water partition coefficient (Wildman–Crippen LogP) is 2.25. The van der Waals surface area contributed by atoms with Crippen molar-refractivity contribution in [3.8, 4) is 5.75 Å². The van der Waals surface area contributed by atoms with E-state index in [9.17, 15) is 9.59 Å². The molecule has 0 heterocycles. The number of nitrogens with one attached hydrogen (secondary N) is 1. The van der Waals surface area contributed by atoms with Crippen LogP contribution in [0.5, 0.6) is 5.75 Å². The van der Waals surface area contributed by atoms with Crippen LogP contribution in [0.25, 0.3) is 0 Å². The third-order valence-electron chi connectivity index (χ3n) is 3.19. The normalized spacial score (nSPS) is 10.0. The van der Waals surface area contributed by atoms with Gasteiger partial charge in [0.1, 0.15) is 5.75 Å². The van der Waals surface area contributed by atoms with Crippen molar-refractivity contribution in [3.05, 3.63) is 65.2 Å². The highest BCUT2D eigenvalue weighted by molar-refractivity contribution is 5.87. The molecule has 0 aliphatic rings. The number of benzene rings is 2. The topological polar surface area (TPSA) is 75.6 Å². The van der Waals surface area contributed by atoms with E-state index in [1.807, 2.05) is 12.1 Å². The van der Waals surface area contributed by atoms with Gasteiger partial charge in [0.15, 0.2) is 0 Å². The molecule has 0 atom stereocenters. The molecule has 0 aromatic heterocycles. The first-order chi connectivity index (χ1) is 10.6. The van der Waals surface area contributed by atoms with E-state index in [1.165, 1.54) is 6.07 Å². The maximum atomic E-state index is 11.9. The van der Waals surface area contributed by atoms with Crippen LogP contribution >= 0.6 is 0 Å². The maximum absolute atomic E-state index is 11.9. The van der Waals surface area contributed by atoms with Gasteiger partial charge >= 0.3 is 5.97 Å². The Morgan fingerprint density at radius 2 is 1.82 bits per heavy atom. The van der Waals surface area contributed by atoms with E-state index in [0.717, 1.165) is 16.9 Å². The molecule has 0 aliphatic carbocycles. The van der Waals surface area contributed by atoms with E-state index < -0.39 is 5.97 Å². The van der Waals surface area contributed by atoms with Crippen LogP contribution in [0.15, 0.2) is 48.5 Å². The molecule has 0 saturated carbocycles. The van der Waals surface area contributed by atoms with Gasteiger partial charge in [-0.25, -0.2) is 4.79 Å². The quantitative estimate of drug-likeness (QED) is 0.858. The van der Waals surface area contributed by atoms with Crippen molar-refractivity contribution in [2.75, 3.05) is 7.11 Å². The van der Waals surface area contributed by atoms with Gasteiger partial charge in [0.25, 0.3) is 0 Å². The van der Waals surface area contributed by atoms with Crippen LogP contribution in [0.3, 0.4) is 0 Å². The lowest BCUT2D eigenvalue weighted by Crippen LogP contribution is -2.24. The van der Waals surface area contributed by atoms with Crippen LogP contribution in [-0.4, -0.2) is 24.1 Å². The van der Waals surface area contributed by atoms with Crippen molar-refractivity contribution in [2.24, 2.45) is 0 Å². The number of aromatic carboxylic acids is 1. The van der Waals surface area contributed by atoms with Gasteiger partial charge < -0.3 is 15.2 Å². The Labute approximate surface area is 128 Å². The molecule has 0 aliphatic heterocycles. The smallest absolute Gasteiger partial charge is 0.335 e. The average Bonchev–Trinajstić information content (AvgIpc) is 2.54. The lowest BCUT2D eigenvalue weighted by atomic mass is 10.1. The summed E-state index contributed by atoms with van der Waals surface area (Å²) in [5.74, 6) is -0.355. The number of carboxylic acid groups (broad SMARTS) is 1. The summed E-state index contributed by atoms with van der Waals surface area (Å²) in [5, 5.41) is 11.7. The average molecular weight is 299 g/mol. The molecule has 0 fully saturated rings. The zero-order chi connectivity index (χ0) is 15.9. The molecule has 0 bridgehead atoms. The number of methoxy groups -OCH3 is 1. The fourth-order valence-electron chi connectivity index (χ4n) is 2.01. The van der Waals surface area contributed by atoms with Crippen LogP contribution in [0.4, 0.5) is 0 Å². The lowest BCUT2D eigenvalue weighted by molar-refractivity contribution is -0.120. The second-order valence-electron chi connectivity index (χ2n) is 4.81. The van der Waals surface area contributed by atoms with Crippen molar-refractivity contribution in [1.29, 1.82) is 0 Å². The number of amides is 1. The molecule has 5 nitrogen and oxygen atoms in total. The molecule has 0 spiro atoms. The molecule has 22 heavy (non-hydrogen) atoms. The van der Waals surface area contributed by atoms with Gasteiger partial charge in [-0.1, -0.05) is 24.3 Å². The summed E-state index contributed by atoms with van der Waals surface area (Å²) in [6, 6.07) is 13.8. The van der Waals surface area contributed by atoms with Crippen LogP contribution in [0, 0.1) is 0 Å². The minimum Gasteiger partial charge on any atom is -0.497 e. The van der Waals surface area contributed by atoms with E-state index >= 15 is 0 Å². The third-order valence-corrected chi connectivity index (χ3v) is 3.19. The summed E-state index contributed by atoms with van der Waals surface area (Å²) in [4.78, 5) is 22.8. The number of rotatable bonds is 6. The summed E-state index contributed by atoms with van der Waals surface area (Å²) >= 11 is 0. The highest BCUT2D eigenvalue weighted by Gasteiger charge is 2.06. The molecule has 0 unspecified atom stereocenters. The number of carbonyl (C=O) groups is 2. The molecule has 1 amide bonds. The van der Waals surface area contributed by atoms with Crippen LogP contribution in [-0.2, 0) is 17.8 Å². The second-order valence-corrected chi connectivity index (χ2v) is 4.81. The Morgan fingerprint density at radius 1 is 1.09 bits per heavy atom. The van der Waals surface area contributed by atoms with Gasteiger partial charge in [0.05, 0.1) is 19.1 Å². The van der Waals surface area contributed by atoms with Gasteiger partial charge in [-0.2, -0.15) is 0 Å². The lowest BCUT2D eigenvalue weighted by Gasteiger charge is -2.07. The third kappa shape index (κ3) is 4.34. The first-order valence-corrected chi connectivity index (χ1v) is 6.80. The van der Waals surface area contributed by atoms with Gasteiger partial charge in [-0.05, 0) is 35.4 Å². The molecular formula is C17H17NO4. The molecule has 2 rings (SSSR count). The molecule has 5 heteroatoms. The highest BCUT2D eigenvalue weighted by Crippen LogP contribution is 2.11. The van der Waals surface area contributed by atoms with Crippen LogP contribution in [0.1, 0.15) is 21.5 Å². The summed E-state index contributed by atoms with van der Waals surface area (Å²) in [7, 11) is 1.59. The number of carbonyl (C=O) groups excluding carboxylic acids is 1.